The molecule has 2 amide bonds. The fourth-order valence-corrected chi connectivity index (χ4v) is 4.59. The number of fused-ring (bicyclic) bond motifs is 3. The number of amides is 2. The monoisotopic (exact) mass is 448 g/mol. The van der Waals surface area contributed by atoms with Gasteiger partial charge in [-0.3, -0.25) is 9.59 Å². The quantitative estimate of drug-likeness (QED) is 0.506. The number of alkyl carbamates (subject to hydrolysis) is 1. The highest BCUT2D eigenvalue weighted by molar-refractivity contribution is 5.86. The SMILES string of the molecule is C=C1CC(CNC(=O)C(CCC(=O)O)NC(=O)OCC2c3ccccc3-c3ccccc32)C1. The zero-order valence-electron chi connectivity index (χ0n) is 18.4. The van der Waals surface area contributed by atoms with Gasteiger partial charge >= 0.3 is 12.1 Å². The van der Waals surface area contributed by atoms with Gasteiger partial charge in [0.05, 0.1) is 0 Å². The minimum absolute atomic E-state index is 0.0112. The van der Waals surface area contributed by atoms with E-state index in [-0.39, 0.29) is 25.4 Å². The number of carboxylic acid groups (broad SMARTS) is 1. The van der Waals surface area contributed by atoms with E-state index < -0.39 is 24.0 Å². The maximum Gasteiger partial charge on any atom is 0.407 e. The smallest absolute Gasteiger partial charge is 0.407 e. The van der Waals surface area contributed by atoms with Crippen LogP contribution in [0.2, 0.25) is 0 Å². The Morgan fingerprint density at radius 1 is 1.03 bits per heavy atom. The van der Waals surface area contributed by atoms with Gasteiger partial charge in [0.25, 0.3) is 0 Å². The predicted molar refractivity (Wildman–Crippen MR) is 124 cm³/mol. The molecule has 2 aliphatic carbocycles. The molecule has 1 saturated carbocycles. The van der Waals surface area contributed by atoms with Crippen LogP contribution in [0.4, 0.5) is 4.79 Å². The molecule has 0 bridgehead atoms. The van der Waals surface area contributed by atoms with Crippen molar-refractivity contribution < 1.29 is 24.2 Å². The molecule has 0 heterocycles. The van der Waals surface area contributed by atoms with E-state index in [1.165, 1.54) is 0 Å². The molecule has 3 N–H and O–H groups in total. The molecule has 7 nitrogen and oxygen atoms in total. The summed E-state index contributed by atoms with van der Waals surface area (Å²) in [7, 11) is 0. The topological polar surface area (TPSA) is 105 Å². The maximum absolute atomic E-state index is 12.6. The first kappa shape index (κ1) is 22.6. The maximum atomic E-state index is 12.6. The Kier molecular flexibility index (Phi) is 6.77. The number of carboxylic acids is 1. The van der Waals surface area contributed by atoms with Gasteiger partial charge in [0.1, 0.15) is 12.6 Å². The van der Waals surface area contributed by atoms with Crippen LogP contribution in [-0.4, -0.2) is 42.3 Å². The van der Waals surface area contributed by atoms with Crippen LogP contribution in [0.3, 0.4) is 0 Å². The first-order valence-corrected chi connectivity index (χ1v) is 11.2. The Morgan fingerprint density at radius 3 is 2.21 bits per heavy atom. The Labute approximate surface area is 192 Å². The Balaban J connectivity index is 1.36. The van der Waals surface area contributed by atoms with Gasteiger partial charge in [-0.15, -0.1) is 0 Å². The summed E-state index contributed by atoms with van der Waals surface area (Å²) in [5, 5.41) is 14.4. The Hall–Kier alpha value is -3.61. The van der Waals surface area contributed by atoms with E-state index >= 15 is 0 Å². The zero-order valence-corrected chi connectivity index (χ0v) is 18.4. The number of rotatable bonds is 9. The van der Waals surface area contributed by atoms with Crippen molar-refractivity contribution in [2.45, 2.75) is 37.6 Å². The lowest BCUT2D eigenvalue weighted by molar-refractivity contribution is -0.137. The number of hydrogen-bond acceptors (Lipinski definition) is 4. The average molecular weight is 449 g/mol. The first-order valence-electron chi connectivity index (χ1n) is 11.2. The van der Waals surface area contributed by atoms with Crippen molar-refractivity contribution in [3.8, 4) is 11.1 Å². The van der Waals surface area contributed by atoms with Gasteiger partial charge in [0.15, 0.2) is 0 Å². The zero-order chi connectivity index (χ0) is 23.4. The summed E-state index contributed by atoms with van der Waals surface area (Å²) >= 11 is 0. The molecule has 0 aromatic heterocycles. The minimum Gasteiger partial charge on any atom is -0.481 e. The van der Waals surface area contributed by atoms with E-state index in [2.05, 4.69) is 29.3 Å². The van der Waals surface area contributed by atoms with Crippen molar-refractivity contribution in [1.29, 1.82) is 0 Å². The second kappa shape index (κ2) is 9.90. The van der Waals surface area contributed by atoms with Gasteiger partial charge < -0.3 is 20.5 Å². The van der Waals surface area contributed by atoms with Crippen LogP contribution in [0, 0.1) is 5.92 Å². The molecule has 33 heavy (non-hydrogen) atoms. The fourth-order valence-electron chi connectivity index (χ4n) is 4.59. The number of benzene rings is 2. The number of hydrogen-bond donors (Lipinski definition) is 3. The first-order chi connectivity index (χ1) is 15.9. The number of carbonyl (C=O) groups is 3. The van der Waals surface area contributed by atoms with E-state index in [9.17, 15) is 14.4 Å². The van der Waals surface area contributed by atoms with E-state index in [0.717, 1.165) is 40.7 Å². The third-order valence-corrected chi connectivity index (χ3v) is 6.32. The average Bonchev–Trinajstić information content (AvgIpc) is 3.10. The van der Waals surface area contributed by atoms with Crippen molar-refractivity contribution >= 4 is 18.0 Å². The van der Waals surface area contributed by atoms with Crippen molar-refractivity contribution in [2.75, 3.05) is 13.2 Å². The van der Waals surface area contributed by atoms with Crippen molar-refractivity contribution in [3.63, 3.8) is 0 Å². The van der Waals surface area contributed by atoms with Gasteiger partial charge in [0.2, 0.25) is 5.91 Å². The molecular formula is C26H28N2O5. The third-order valence-electron chi connectivity index (χ3n) is 6.32. The molecule has 1 atom stereocenters. The highest BCUT2D eigenvalue weighted by Crippen LogP contribution is 2.44. The van der Waals surface area contributed by atoms with E-state index in [1.54, 1.807) is 0 Å². The van der Waals surface area contributed by atoms with E-state index in [4.69, 9.17) is 9.84 Å². The van der Waals surface area contributed by atoms with Crippen LogP contribution in [0.25, 0.3) is 11.1 Å². The number of nitrogens with one attached hydrogen (secondary N) is 2. The van der Waals surface area contributed by atoms with Gasteiger partial charge in [-0.1, -0.05) is 60.7 Å². The predicted octanol–water partition coefficient (Wildman–Crippen LogP) is 3.84. The highest BCUT2D eigenvalue weighted by atomic mass is 16.5. The lowest BCUT2D eigenvalue weighted by Crippen LogP contribution is -2.48. The third kappa shape index (κ3) is 5.25. The van der Waals surface area contributed by atoms with Gasteiger partial charge in [0, 0.05) is 18.9 Å². The molecule has 2 aromatic rings. The molecule has 0 aliphatic heterocycles. The normalized spacial score (nSPS) is 15.7. The number of aliphatic carboxylic acids is 1. The van der Waals surface area contributed by atoms with Crippen LogP contribution in [0.5, 0.6) is 0 Å². The Bertz CT molecular complexity index is 1030. The summed E-state index contributed by atoms with van der Waals surface area (Å²) in [5.41, 5.74) is 5.59. The van der Waals surface area contributed by atoms with Crippen molar-refractivity contribution in [3.05, 3.63) is 71.8 Å². The summed E-state index contributed by atoms with van der Waals surface area (Å²) in [4.78, 5) is 36.2. The van der Waals surface area contributed by atoms with Gasteiger partial charge in [-0.2, -0.15) is 0 Å². The largest absolute Gasteiger partial charge is 0.481 e. The summed E-state index contributed by atoms with van der Waals surface area (Å²) < 4.78 is 5.51. The second-order valence-electron chi connectivity index (χ2n) is 8.72. The summed E-state index contributed by atoms with van der Waals surface area (Å²) in [5.74, 6) is -1.18. The number of ether oxygens (including phenoxy) is 1. The molecule has 2 aromatic carbocycles. The number of allylic oxidation sites excluding steroid dienone is 1. The molecule has 1 unspecified atom stereocenters. The molecule has 0 radical (unpaired) electrons. The molecule has 2 aliphatic rings. The van der Waals surface area contributed by atoms with Crippen LogP contribution in [0.1, 0.15) is 42.7 Å². The molecule has 172 valence electrons. The van der Waals surface area contributed by atoms with Crippen molar-refractivity contribution in [1.82, 2.24) is 10.6 Å². The highest BCUT2D eigenvalue weighted by Gasteiger charge is 2.30. The van der Waals surface area contributed by atoms with Crippen LogP contribution in [-0.2, 0) is 14.3 Å². The van der Waals surface area contributed by atoms with Crippen LogP contribution < -0.4 is 10.6 Å². The summed E-state index contributed by atoms with van der Waals surface area (Å²) in [6, 6.07) is 15.1. The second-order valence-corrected chi connectivity index (χ2v) is 8.72. The molecule has 0 spiro atoms. The number of carbonyl (C=O) groups excluding carboxylic acids is 2. The summed E-state index contributed by atoms with van der Waals surface area (Å²) in [6.45, 7) is 4.49. The standard InChI is InChI=1S/C26H28N2O5/c1-16-12-17(13-16)14-27-25(31)23(10-11-24(29)30)28-26(32)33-15-22-20-8-4-2-6-18(20)19-7-3-5-9-21(19)22/h2-9,17,22-23H,1,10-15H2,(H,27,31)(H,28,32)(H,29,30). The molecule has 0 saturated heterocycles. The van der Waals surface area contributed by atoms with E-state index in [0.29, 0.717) is 12.5 Å². The van der Waals surface area contributed by atoms with Crippen LogP contribution >= 0.6 is 0 Å². The van der Waals surface area contributed by atoms with Crippen molar-refractivity contribution in [2.24, 2.45) is 5.92 Å². The van der Waals surface area contributed by atoms with Gasteiger partial charge in [-0.25, -0.2) is 4.79 Å². The molecule has 4 rings (SSSR count). The molecule has 1 fully saturated rings. The molecule has 7 heteroatoms. The van der Waals surface area contributed by atoms with Gasteiger partial charge in [-0.05, 0) is 47.4 Å². The Morgan fingerprint density at radius 2 is 1.64 bits per heavy atom. The van der Waals surface area contributed by atoms with Crippen LogP contribution in [0.15, 0.2) is 60.7 Å². The summed E-state index contributed by atoms with van der Waals surface area (Å²) in [6.07, 6.45) is 0.768. The fraction of sp³-hybridized carbons (Fsp3) is 0.346. The lowest BCUT2D eigenvalue weighted by atomic mass is 9.81. The molecular weight excluding hydrogens is 420 g/mol. The minimum atomic E-state index is -1.03. The van der Waals surface area contributed by atoms with E-state index in [1.807, 2.05) is 36.4 Å². The lowest BCUT2D eigenvalue weighted by Gasteiger charge is -2.29.